The Morgan fingerprint density at radius 2 is 2.11 bits per heavy atom. The molecule has 1 amide bonds. The van der Waals surface area contributed by atoms with E-state index >= 15 is 0 Å². The van der Waals surface area contributed by atoms with Gasteiger partial charge in [-0.3, -0.25) is 9.69 Å². The first-order valence-corrected chi connectivity index (χ1v) is 9.13. The summed E-state index contributed by atoms with van der Waals surface area (Å²) in [5.74, 6) is 1.32. The first-order chi connectivity index (χ1) is 13.6. The smallest absolute Gasteiger partial charge is 0.257 e. The lowest BCUT2D eigenvalue weighted by Gasteiger charge is -2.36. The zero-order chi connectivity index (χ0) is 19.5. The highest BCUT2D eigenvalue weighted by Crippen LogP contribution is 2.21. The summed E-state index contributed by atoms with van der Waals surface area (Å²) in [7, 11) is 0. The molecule has 1 aliphatic rings. The molecule has 1 aromatic carbocycles. The van der Waals surface area contributed by atoms with E-state index < -0.39 is 5.91 Å². The molecule has 1 saturated heterocycles. The van der Waals surface area contributed by atoms with Crippen LogP contribution >= 0.6 is 0 Å². The minimum Gasteiger partial charge on any atom is -0.365 e. The van der Waals surface area contributed by atoms with Gasteiger partial charge < -0.3 is 15.2 Å². The van der Waals surface area contributed by atoms with Crippen LogP contribution in [0, 0.1) is 13.0 Å². The first-order valence-electron chi connectivity index (χ1n) is 9.13. The summed E-state index contributed by atoms with van der Waals surface area (Å²) in [5.41, 5.74) is 7.99. The number of benzene rings is 1. The van der Waals surface area contributed by atoms with Crippen LogP contribution in [0.3, 0.4) is 0 Å². The lowest BCUT2D eigenvalue weighted by molar-refractivity contribution is 0.1000. The fraction of sp³-hybridized carbons (Fsp3) is 0.300. The first kappa shape index (κ1) is 18.1. The van der Waals surface area contributed by atoms with Gasteiger partial charge in [0.15, 0.2) is 5.82 Å². The van der Waals surface area contributed by atoms with Crippen molar-refractivity contribution in [2.24, 2.45) is 5.73 Å². The lowest BCUT2D eigenvalue weighted by atomic mass is 10.1. The third-order valence-electron chi connectivity index (χ3n) is 4.77. The topological polar surface area (TPSA) is 101 Å². The summed E-state index contributed by atoms with van der Waals surface area (Å²) in [6, 6.07) is 12.6. The van der Waals surface area contributed by atoms with E-state index in [-0.39, 0.29) is 0 Å². The van der Waals surface area contributed by atoms with Crippen LogP contribution in [-0.4, -0.2) is 52.1 Å². The molecule has 0 aliphatic carbocycles. The van der Waals surface area contributed by atoms with E-state index in [1.807, 2.05) is 12.1 Å². The van der Waals surface area contributed by atoms with Gasteiger partial charge >= 0.3 is 0 Å². The molecule has 28 heavy (non-hydrogen) atoms. The van der Waals surface area contributed by atoms with Crippen LogP contribution in [0.2, 0.25) is 0 Å². The van der Waals surface area contributed by atoms with Crippen molar-refractivity contribution in [3.05, 3.63) is 59.5 Å². The number of carbonyl (C=O) groups excluding carboxylic acids is 1. The number of aromatic nitrogens is 3. The molecule has 0 spiro atoms. The van der Waals surface area contributed by atoms with Gasteiger partial charge in [-0.25, -0.2) is 4.98 Å². The van der Waals surface area contributed by atoms with E-state index in [1.165, 1.54) is 5.56 Å². The van der Waals surface area contributed by atoms with Gasteiger partial charge in [0, 0.05) is 50.6 Å². The van der Waals surface area contributed by atoms with Crippen molar-refractivity contribution < 1.29 is 9.32 Å². The maximum absolute atomic E-state index is 11.6. The van der Waals surface area contributed by atoms with Crippen molar-refractivity contribution in [3.8, 4) is 11.5 Å². The van der Waals surface area contributed by atoms with Crippen molar-refractivity contribution in [1.82, 2.24) is 20.0 Å². The van der Waals surface area contributed by atoms with Crippen LogP contribution in [0.25, 0.3) is 11.5 Å². The summed E-state index contributed by atoms with van der Waals surface area (Å²) in [4.78, 5) is 24.7. The van der Waals surface area contributed by atoms with Gasteiger partial charge in [-0.05, 0) is 30.7 Å². The van der Waals surface area contributed by atoms with E-state index in [9.17, 15) is 4.79 Å². The van der Waals surface area contributed by atoms with Crippen LogP contribution < -0.4 is 10.6 Å². The number of carbonyl (C=O) groups is 1. The Bertz CT molecular complexity index is 978. The molecule has 2 N–H and O–H groups in total. The maximum Gasteiger partial charge on any atom is 0.257 e. The average molecular weight is 377 g/mol. The third-order valence-corrected chi connectivity index (χ3v) is 4.77. The minimum absolute atomic E-state index is 0.415. The SMILES string of the molecule is Cc1noc(-c2cccc(CN3CCN(c4nc[c]cc4C(N)=O)CC3)c2)n1. The van der Waals surface area contributed by atoms with Crippen LogP contribution in [-0.2, 0) is 6.54 Å². The summed E-state index contributed by atoms with van der Waals surface area (Å²) in [5, 5.41) is 3.85. The maximum atomic E-state index is 11.6. The molecule has 1 radical (unpaired) electrons. The minimum atomic E-state index is -0.477. The molecule has 0 atom stereocenters. The Morgan fingerprint density at radius 3 is 2.82 bits per heavy atom. The molecule has 1 fully saturated rings. The highest BCUT2D eigenvalue weighted by atomic mass is 16.5. The summed E-state index contributed by atoms with van der Waals surface area (Å²) in [6.07, 6.45) is 1.57. The van der Waals surface area contributed by atoms with Gasteiger partial charge in [0.05, 0.1) is 5.56 Å². The molecule has 143 valence electrons. The van der Waals surface area contributed by atoms with Gasteiger partial charge in [0.2, 0.25) is 0 Å². The Morgan fingerprint density at radius 1 is 1.29 bits per heavy atom. The number of anilines is 1. The molecular weight excluding hydrogens is 356 g/mol. The second kappa shape index (κ2) is 7.77. The molecule has 3 heterocycles. The van der Waals surface area contributed by atoms with Gasteiger partial charge in [0.1, 0.15) is 5.82 Å². The molecule has 1 aliphatic heterocycles. The second-order valence-electron chi connectivity index (χ2n) is 6.78. The predicted molar refractivity (Wildman–Crippen MR) is 104 cm³/mol. The van der Waals surface area contributed by atoms with Crippen LogP contribution in [0.15, 0.2) is 41.1 Å². The molecular formula is C20H21N6O2. The Balaban J connectivity index is 1.41. The number of nitrogens with zero attached hydrogens (tertiary/aromatic N) is 5. The van der Waals surface area contributed by atoms with Crippen LogP contribution in [0.4, 0.5) is 5.82 Å². The van der Waals surface area contributed by atoms with Crippen molar-refractivity contribution in [2.75, 3.05) is 31.1 Å². The van der Waals surface area contributed by atoms with Gasteiger partial charge in [0.25, 0.3) is 11.8 Å². The standard InChI is InChI=1S/C20H21N6O2/c1-14-23-20(28-24-14)16-5-2-4-15(12-16)13-25-8-10-26(11-9-25)19-17(18(21)27)6-3-7-22-19/h2,4-7,12H,8-11,13H2,1H3,(H2,21,27). The van der Waals surface area contributed by atoms with Crippen molar-refractivity contribution >= 4 is 11.7 Å². The summed E-state index contributed by atoms with van der Waals surface area (Å²) in [6.45, 7) is 5.91. The number of pyridine rings is 1. The van der Waals surface area contributed by atoms with Crippen LogP contribution in [0.1, 0.15) is 21.7 Å². The zero-order valence-electron chi connectivity index (χ0n) is 15.6. The van der Waals surface area contributed by atoms with E-state index in [4.69, 9.17) is 10.3 Å². The number of primary amides is 1. The molecule has 0 saturated carbocycles. The number of rotatable bonds is 5. The Kier molecular flexibility index (Phi) is 5.03. The molecule has 2 aromatic heterocycles. The Hall–Kier alpha value is -3.26. The summed E-state index contributed by atoms with van der Waals surface area (Å²) < 4.78 is 5.26. The van der Waals surface area contributed by atoms with Gasteiger partial charge in [-0.1, -0.05) is 17.3 Å². The normalized spacial score (nSPS) is 15.0. The third kappa shape index (κ3) is 3.86. The summed E-state index contributed by atoms with van der Waals surface area (Å²) >= 11 is 0. The Labute approximate surface area is 163 Å². The number of nitrogens with two attached hydrogens (primary N) is 1. The molecule has 0 bridgehead atoms. The number of amides is 1. The van der Waals surface area contributed by atoms with Crippen molar-refractivity contribution in [2.45, 2.75) is 13.5 Å². The number of hydrogen-bond donors (Lipinski definition) is 1. The molecule has 4 rings (SSSR count). The average Bonchev–Trinajstić information content (AvgIpc) is 3.15. The lowest BCUT2D eigenvalue weighted by Crippen LogP contribution is -2.46. The molecule has 3 aromatic rings. The fourth-order valence-electron chi connectivity index (χ4n) is 3.38. The molecule has 0 unspecified atom stereocenters. The van der Waals surface area contributed by atoms with E-state index in [1.54, 1.807) is 19.2 Å². The van der Waals surface area contributed by atoms with Gasteiger partial charge in [-0.2, -0.15) is 4.98 Å². The van der Waals surface area contributed by atoms with E-state index in [2.05, 4.69) is 43.1 Å². The monoisotopic (exact) mass is 377 g/mol. The largest absolute Gasteiger partial charge is 0.365 e. The fourth-order valence-corrected chi connectivity index (χ4v) is 3.38. The highest BCUT2D eigenvalue weighted by Gasteiger charge is 2.22. The second-order valence-corrected chi connectivity index (χ2v) is 6.78. The number of hydrogen-bond acceptors (Lipinski definition) is 7. The van der Waals surface area contributed by atoms with Gasteiger partial charge in [-0.15, -0.1) is 0 Å². The molecule has 8 heteroatoms. The number of piperazine rings is 1. The zero-order valence-corrected chi connectivity index (χ0v) is 15.6. The van der Waals surface area contributed by atoms with Crippen molar-refractivity contribution in [3.63, 3.8) is 0 Å². The quantitative estimate of drug-likeness (QED) is 0.721. The number of aryl methyl sites for hydroxylation is 1. The van der Waals surface area contributed by atoms with E-state index in [0.29, 0.717) is 23.1 Å². The highest BCUT2D eigenvalue weighted by molar-refractivity contribution is 5.97. The van der Waals surface area contributed by atoms with Crippen LogP contribution in [0.5, 0.6) is 0 Å². The van der Waals surface area contributed by atoms with E-state index in [0.717, 1.165) is 38.3 Å². The molecule has 8 nitrogen and oxygen atoms in total. The van der Waals surface area contributed by atoms with Crippen molar-refractivity contribution in [1.29, 1.82) is 0 Å². The predicted octanol–water partition coefficient (Wildman–Crippen LogP) is 1.66.